The minimum Gasteiger partial charge on any atom is -0.461 e. The summed E-state index contributed by atoms with van der Waals surface area (Å²) in [5.74, 6) is -0.335. The fourth-order valence-corrected chi connectivity index (χ4v) is 1.87. The summed E-state index contributed by atoms with van der Waals surface area (Å²) in [5, 5.41) is 0. The Morgan fingerprint density at radius 1 is 1.30 bits per heavy atom. The number of carbonyl (C=O) groups excluding carboxylic acids is 1. The molecular formula is C16H22N2O2. The number of benzene rings is 1. The zero-order valence-corrected chi connectivity index (χ0v) is 12.5. The van der Waals surface area contributed by atoms with Gasteiger partial charge in [0.2, 0.25) is 0 Å². The number of carbonyl (C=O) groups is 1. The van der Waals surface area contributed by atoms with Crippen molar-refractivity contribution in [2.45, 2.75) is 33.7 Å². The quantitative estimate of drug-likeness (QED) is 0.799. The van der Waals surface area contributed by atoms with E-state index in [1.807, 2.05) is 55.7 Å². The summed E-state index contributed by atoms with van der Waals surface area (Å²) in [4.78, 5) is 15.8. The summed E-state index contributed by atoms with van der Waals surface area (Å²) in [6, 6.07) is 10.0. The fraction of sp³-hybridized carbons (Fsp3) is 0.375. The highest BCUT2D eigenvalue weighted by Gasteiger charge is 2.17. The van der Waals surface area contributed by atoms with Crippen LogP contribution in [0.5, 0.6) is 0 Å². The molecular weight excluding hydrogens is 252 g/mol. The molecule has 1 aromatic heterocycles. The van der Waals surface area contributed by atoms with Crippen LogP contribution in [0.25, 0.3) is 0 Å². The molecule has 108 valence electrons. The van der Waals surface area contributed by atoms with Gasteiger partial charge < -0.3 is 9.30 Å². The molecule has 4 nitrogen and oxygen atoms in total. The SMILES string of the molecule is CC.CCOC(=O)c1cncn1[C@H](C)c1ccccc1. The van der Waals surface area contributed by atoms with Crippen molar-refractivity contribution in [3.8, 4) is 0 Å². The van der Waals surface area contributed by atoms with Crippen LogP contribution in [-0.2, 0) is 4.74 Å². The molecule has 0 aliphatic heterocycles. The maximum atomic E-state index is 11.8. The Morgan fingerprint density at radius 3 is 2.55 bits per heavy atom. The minimum atomic E-state index is -0.335. The number of aromatic nitrogens is 2. The lowest BCUT2D eigenvalue weighted by atomic mass is 10.1. The number of nitrogens with zero attached hydrogens (tertiary/aromatic N) is 2. The second kappa shape index (κ2) is 8.15. The predicted molar refractivity (Wildman–Crippen MR) is 79.8 cm³/mol. The Kier molecular flexibility index (Phi) is 6.50. The van der Waals surface area contributed by atoms with Crippen molar-refractivity contribution < 1.29 is 9.53 Å². The zero-order chi connectivity index (χ0) is 15.0. The number of rotatable bonds is 4. The van der Waals surface area contributed by atoms with Gasteiger partial charge in [-0.2, -0.15) is 0 Å². The summed E-state index contributed by atoms with van der Waals surface area (Å²) < 4.78 is 6.84. The second-order valence-corrected chi connectivity index (χ2v) is 3.99. The van der Waals surface area contributed by atoms with E-state index in [2.05, 4.69) is 4.98 Å². The van der Waals surface area contributed by atoms with E-state index in [1.165, 1.54) is 6.20 Å². The molecule has 2 rings (SSSR count). The van der Waals surface area contributed by atoms with Crippen LogP contribution >= 0.6 is 0 Å². The van der Waals surface area contributed by atoms with Gasteiger partial charge in [0.05, 0.1) is 25.2 Å². The van der Waals surface area contributed by atoms with E-state index in [0.29, 0.717) is 12.3 Å². The molecule has 0 saturated heterocycles. The molecule has 0 aliphatic rings. The molecule has 4 heteroatoms. The lowest BCUT2D eigenvalue weighted by molar-refractivity contribution is 0.0512. The van der Waals surface area contributed by atoms with Crippen LogP contribution in [-0.4, -0.2) is 22.1 Å². The summed E-state index contributed by atoms with van der Waals surface area (Å²) in [6.07, 6.45) is 3.20. The first-order valence-electron chi connectivity index (χ1n) is 6.98. The van der Waals surface area contributed by atoms with Crippen LogP contribution in [0.15, 0.2) is 42.9 Å². The Balaban J connectivity index is 0.000000956. The highest BCUT2D eigenvalue weighted by atomic mass is 16.5. The number of hydrogen-bond acceptors (Lipinski definition) is 3. The van der Waals surface area contributed by atoms with Crippen LogP contribution in [0.1, 0.15) is 49.8 Å². The molecule has 20 heavy (non-hydrogen) atoms. The van der Waals surface area contributed by atoms with Gasteiger partial charge in [-0.3, -0.25) is 0 Å². The molecule has 0 aliphatic carbocycles. The summed E-state index contributed by atoms with van der Waals surface area (Å²) >= 11 is 0. The van der Waals surface area contributed by atoms with Crippen molar-refractivity contribution in [2.24, 2.45) is 0 Å². The number of ether oxygens (including phenoxy) is 1. The molecule has 0 amide bonds. The van der Waals surface area contributed by atoms with Crippen molar-refractivity contribution in [1.82, 2.24) is 9.55 Å². The highest BCUT2D eigenvalue weighted by Crippen LogP contribution is 2.19. The Bertz CT molecular complexity index is 520. The Morgan fingerprint density at radius 2 is 1.95 bits per heavy atom. The monoisotopic (exact) mass is 274 g/mol. The largest absolute Gasteiger partial charge is 0.461 e. The summed E-state index contributed by atoms with van der Waals surface area (Å²) in [6.45, 7) is 8.18. The van der Waals surface area contributed by atoms with E-state index in [1.54, 1.807) is 13.3 Å². The zero-order valence-electron chi connectivity index (χ0n) is 12.5. The maximum absolute atomic E-state index is 11.8. The average Bonchev–Trinajstić information content (AvgIpc) is 2.99. The van der Waals surface area contributed by atoms with E-state index < -0.39 is 0 Å². The van der Waals surface area contributed by atoms with E-state index >= 15 is 0 Å². The summed E-state index contributed by atoms with van der Waals surface area (Å²) in [5.41, 5.74) is 1.61. The van der Waals surface area contributed by atoms with Crippen LogP contribution < -0.4 is 0 Å². The third kappa shape index (κ3) is 3.70. The topological polar surface area (TPSA) is 44.1 Å². The molecule has 0 N–H and O–H groups in total. The van der Waals surface area contributed by atoms with E-state index in [4.69, 9.17) is 4.74 Å². The van der Waals surface area contributed by atoms with Crippen LogP contribution in [0, 0.1) is 0 Å². The normalized spacial score (nSPS) is 11.2. The molecule has 0 saturated carbocycles. The van der Waals surface area contributed by atoms with Gasteiger partial charge >= 0.3 is 5.97 Å². The van der Waals surface area contributed by atoms with Gasteiger partial charge in [-0.25, -0.2) is 9.78 Å². The smallest absolute Gasteiger partial charge is 0.356 e. The fourth-order valence-electron chi connectivity index (χ4n) is 1.87. The molecule has 2 aromatic rings. The Labute approximate surface area is 120 Å². The van der Waals surface area contributed by atoms with Gasteiger partial charge in [0, 0.05) is 0 Å². The first-order valence-corrected chi connectivity index (χ1v) is 6.98. The molecule has 1 heterocycles. The van der Waals surface area contributed by atoms with Gasteiger partial charge in [0.1, 0.15) is 5.69 Å². The lowest BCUT2D eigenvalue weighted by Gasteiger charge is -2.16. The van der Waals surface area contributed by atoms with Crippen LogP contribution in [0.2, 0.25) is 0 Å². The maximum Gasteiger partial charge on any atom is 0.356 e. The average molecular weight is 274 g/mol. The van der Waals surface area contributed by atoms with Crippen molar-refractivity contribution in [2.75, 3.05) is 6.61 Å². The van der Waals surface area contributed by atoms with Gasteiger partial charge in [-0.05, 0) is 19.4 Å². The summed E-state index contributed by atoms with van der Waals surface area (Å²) in [7, 11) is 0. The first-order chi connectivity index (χ1) is 9.74. The third-order valence-electron chi connectivity index (χ3n) is 2.85. The van der Waals surface area contributed by atoms with Gasteiger partial charge in [-0.1, -0.05) is 44.2 Å². The van der Waals surface area contributed by atoms with Crippen molar-refractivity contribution in [3.05, 3.63) is 54.1 Å². The molecule has 0 fully saturated rings. The van der Waals surface area contributed by atoms with Crippen LogP contribution in [0.4, 0.5) is 0 Å². The molecule has 0 unspecified atom stereocenters. The van der Waals surface area contributed by atoms with Crippen molar-refractivity contribution in [1.29, 1.82) is 0 Å². The minimum absolute atomic E-state index is 0.0492. The standard InChI is InChI=1S/C14H16N2O2.C2H6/c1-3-18-14(17)13-9-15-10-16(13)11(2)12-7-5-4-6-8-12;1-2/h4-11H,3H2,1-2H3;1-2H3/t11-;/m1./s1. The predicted octanol–water partition coefficient (Wildman–Crippen LogP) is 3.70. The van der Waals surface area contributed by atoms with E-state index in [-0.39, 0.29) is 12.0 Å². The number of esters is 1. The molecule has 0 bridgehead atoms. The first kappa shape index (κ1) is 16.0. The Hall–Kier alpha value is -2.10. The molecule has 0 spiro atoms. The third-order valence-corrected chi connectivity index (χ3v) is 2.85. The van der Waals surface area contributed by atoms with Crippen molar-refractivity contribution in [3.63, 3.8) is 0 Å². The molecule has 1 atom stereocenters. The van der Waals surface area contributed by atoms with Gasteiger partial charge in [0.15, 0.2) is 0 Å². The molecule has 0 radical (unpaired) electrons. The van der Waals surface area contributed by atoms with Crippen LogP contribution in [0.3, 0.4) is 0 Å². The van der Waals surface area contributed by atoms with Crippen molar-refractivity contribution >= 4 is 5.97 Å². The molecule has 1 aromatic carbocycles. The second-order valence-electron chi connectivity index (χ2n) is 3.99. The number of hydrogen-bond donors (Lipinski definition) is 0. The van der Waals surface area contributed by atoms with E-state index in [0.717, 1.165) is 5.56 Å². The van der Waals surface area contributed by atoms with Gasteiger partial charge in [-0.15, -0.1) is 0 Å². The lowest BCUT2D eigenvalue weighted by Crippen LogP contribution is -2.15. The van der Waals surface area contributed by atoms with Gasteiger partial charge in [0.25, 0.3) is 0 Å². The highest BCUT2D eigenvalue weighted by molar-refractivity contribution is 5.87. The van der Waals surface area contributed by atoms with E-state index in [9.17, 15) is 4.79 Å². The number of imidazole rings is 1.